The zero-order chi connectivity index (χ0) is 25.8. The van der Waals surface area contributed by atoms with Crippen molar-refractivity contribution in [2.75, 3.05) is 38.2 Å². The van der Waals surface area contributed by atoms with Crippen molar-refractivity contribution in [1.29, 1.82) is 0 Å². The number of thioether (sulfide) groups is 1. The first kappa shape index (κ1) is 25.8. The Morgan fingerprint density at radius 1 is 1.11 bits per heavy atom. The van der Waals surface area contributed by atoms with Gasteiger partial charge in [-0.05, 0) is 67.8 Å². The molecule has 5 rings (SSSR count). The number of carbonyl (C=O) groups excluding carboxylic acids is 1. The summed E-state index contributed by atoms with van der Waals surface area (Å²) in [4.78, 5) is 20.4. The number of carbonyl (C=O) groups is 1. The first-order valence-corrected chi connectivity index (χ1v) is 13.8. The summed E-state index contributed by atoms with van der Waals surface area (Å²) in [6, 6.07) is 22.3. The third kappa shape index (κ3) is 6.18. The van der Waals surface area contributed by atoms with Gasteiger partial charge in [0.1, 0.15) is 0 Å². The van der Waals surface area contributed by atoms with Crippen molar-refractivity contribution in [3.05, 3.63) is 82.9 Å². The molecule has 192 valence electrons. The Morgan fingerprint density at radius 3 is 2.73 bits per heavy atom. The van der Waals surface area contributed by atoms with Crippen LogP contribution in [0.2, 0.25) is 5.02 Å². The minimum Gasteiger partial charge on any atom is -0.379 e. The third-order valence-corrected chi connectivity index (χ3v) is 7.92. The van der Waals surface area contributed by atoms with Gasteiger partial charge in [0.2, 0.25) is 5.91 Å². The second-order valence-corrected chi connectivity index (χ2v) is 11.0. The van der Waals surface area contributed by atoms with Gasteiger partial charge in [-0.2, -0.15) is 0 Å². The number of anilines is 1. The molecule has 1 N–H and O–H groups in total. The fourth-order valence-corrected chi connectivity index (χ4v) is 5.69. The van der Waals surface area contributed by atoms with Gasteiger partial charge in [-0.25, -0.2) is 4.98 Å². The second kappa shape index (κ2) is 11.7. The quantitative estimate of drug-likeness (QED) is 0.282. The van der Waals surface area contributed by atoms with Gasteiger partial charge < -0.3 is 10.1 Å². The molecule has 0 saturated carbocycles. The maximum atomic E-state index is 13.1. The van der Waals surface area contributed by atoms with Crippen LogP contribution in [0, 0.1) is 6.92 Å². The Kier molecular flexibility index (Phi) is 8.15. The number of nitrogens with one attached hydrogen (secondary N) is 1. The van der Waals surface area contributed by atoms with E-state index in [0.717, 1.165) is 66.7 Å². The van der Waals surface area contributed by atoms with Crippen LogP contribution in [0.5, 0.6) is 0 Å². The zero-order valence-corrected chi connectivity index (χ0v) is 22.7. The number of ether oxygens (including phenoxy) is 1. The van der Waals surface area contributed by atoms with Gasteiger partial charge in [-0.3, -0.25) is 14.3 Å². The van der Waals surface area contributed by atoms with E-state index in [0.29, 0.717) is 10.7 Å². The van der Waals surface area contributed by atoms with Gasteiger partial charge in [0.25, 0.3) is 0 Å². The number of aromatic nitrogens is 2. The van der Waals surface area contributed by atoms with Crippen molar-refractivity contribution in [3.8, 4) is 5.69 Å². The fraction of sp³-hybridized carbons (Fsp3) is 0.310. The highest BCUT2D eigenvalue weighted by Crippen LogP contribution is 2.32. The number of hydrogen-bond acceptors (Lipinski definition) is 5. The van der Waals surface area contributed by atoms with Crippen LogP contribution < -0.4 is 5.32 Å². The van der Waals surface area contributed by atoms with Crippen LogP contribution in [0.15, 0.2) is 71.9 Å². The summed E-state index contributed by atoms with van der Waals surface area (Å²) in [6.07, 6.45) is 0.971. The molecule has 1 amide bonds. The molecule has 1 aromatic heterocycles. The SMILES string of the molecule is Cc1ccc(NC(=O)[C@H](C)Sc2nc3ccccc3n2-c2cccc(CCN3CCOCC3)c2)c(Cl)c1. The summed E-state index contributed by atoms with van der Waals surface area (Å²) in [5.41, 5.74) is 5.90. The van der Waals surface area contributed by atoms with Crippen LogP contribution in [0.4, 0.5) is 5.69 Å². The number of halogens is 1. The fourth-order valence-electron chi connectivity index (χ4n) is 4.46. The molecule has 1 atom stereocenters. The highest BCUT2D eigenvalue weighted by Gasteiger charge is 2.21. The van der Waals surface area contributed by atoms with E-state index in [1.807, 2.05) is 50.2 Å². The molecule has 0 aliphatic carbocycles. The Morgan fingerprint density at radius 2 is 1.92 bits per heavy atom. The largest absolute Gasteiger partial charge is 0.379 e. The number of hydrogen-bond donors (Lipinski definition) is 1. The van der Waals surface area contributed by atoms with E-state index in [2.05, 4.69) is 45.1 Å². The summed E-state index contributed by atoms with van der Waals surface area (Å²) >= 11 is 7.78. The summed E-state index contributed by atoms with van der Waals surface area (Å²) in [6.45, 7) is 8.47. The van der Waals surface area contributed by atoms with Crippen molar-refractivity contribution < 1.29 is 9.53 Å². The molecule has 0 radical (unpaired) electrons. The van der Waals surface area contributed by atoms with E-state index >= 15 is 0 Å². The number of amides is 1. The second-order valence-electron chi connectivity index (χ2n) is 9.33. The lowest BCUT2D eigenvalue weighted by Crippen LogP contribution is -2.37. The molecule has 1 aliphatic rings. The predicted molar refractivity (Wildman–Crippen MR) is 152 cm³/mol. The summed E-state index contributed by atoms with van der Waals surface area (Å²) in [5, 5.41) is 3.90. The Labute approximate surface area is 227 Å². The van der Waals surface area contributed by atoms with Crippen molar-refractivity contribution >= 4 is 46.0 Å². The number of fused-ring (bicyclic) bond motifs is 1. The first-order valence-electron chi connectivity index (χ1n) is 12.6. The van der Waals surface area contributed by atoms with Crippen LogP contribution in [-0.2, 0) is 16.0 Å². The molecule has 1 fully saturated rings. The van der Waals surface area contributed by atoms with Crippen molar-refractivity contribution in [2.24, 2.45) is 0 Å². The van der Waals surface area contributed by atoms with Gasteiger partial charge >= 0.3 is 0 Å². The molecule has 37 heavy (non-hydrogen) atoms. The van der Waals surface area contributed by atoms with E-state index in [-0.39, 0.29) is 11.2 Å². The molecule has 8 heteroatoms. The monoisotopic (exact) mass is 534 g/mol. The van der Waals surface area contributed by atoms with E-state index in [1.165, 1.54) is 17.3 Å². The maximum Gasteiger partial charge on any atom is 0.237 e. The minimum absolute atomic E-state index is 0.117. The average molecular weight is 535 g/mol. The molecule has 2 heterocycles. The number of para-hydroxylation sites is 2. The molecule has 0 spiro atoms. The van der Waals surface area contributed by atoms with Crippen LogP contribution >= 0.6 is 23.4 Å². The molecule has 4 aromatic rings. The maximum absolute atomic E-state index is 13.1. The summed E-state index contributed by atoms with van der Waals surface area (Å²) in [5.74, 6) is -0.117. The smallest absolute Gasteiger partial charge is 0.237 e. The number of benzene rings is 3. The van der Waals surface area contributed by atoms with Gasteiger partial charge in [0.15, 0.2) is 5.16 Å². The first-order chi connectivity index (χ1) is 18.0. The van der Waals surface area contributed by atoms with Crippen LogP contribution in [0.25, 0.3) is 16.7 Å². The molecular formula is C29H31ClN4O2S. The lowest BCUT2D eigenvalue weighted by Gasteiger charge is -2.26. The van der Waals surface area contributed by atoms with E-state index in [1.54, 1.807) is 0 Å². The number of imidazole rings is 1. The predicted octanol–water partition coefficient (Wildman–Crippen LogP) is 5.98. The molecular weight excluding hydrogens is 504 g/mol. The third-order valence-electron chi connectivity index (χ3n) is 6.55. The normalized spacial score (nSPS) is 15.1. The number of nitrogens with zero attached hydrogens (tertiary/aromatic N) is 3. The van der Waals surface area contributed by atoms with Crippen LogP contribution in [-0.4, -0.2) is 58.5 Å². The molecule has 0 unspecified atom stereocenters. The van der Waals surface area contributed by atoms with Crippen LogP contribution in [0.3, 0.4) is 0 Å². The van der Waals surface area contributed by atoms with E-state index in [4.69, 9.17) is 21.3 Å². The molecule has 6 nitrogen and oxygen atoms in total. The highest BCUT2D eigenvalue weighted by molar-refractivity contribution is 8.00. The zero-order valence-electron chi connectivity index (χ0n) is 21.1. The standard InChI is InChI=1S/C29H31ClN4O2S/c1-20-10-11-25(24(30)18-20)31-28(35)21(2)37-29-32-26-8-3-4-9-27(26)34(29)23-7-5-6-22(19-23)12-13-33-14-16-36-17-15-33/h3-11,18-19,21H,12-17H2,1-2H3,(H,31,35)/t21-/m0/s1. The van der Waals surface area contributed by atoms with Gasteiger partial charge in [0.05, 0.1) is 40.2 Å². The molecule has 1 saturated heterocycles. The lowest BCUT2D eigenvalue weighted by atomic mass is 10.1. The number of aryl methyl sites for hydroxylation is 1. The topological polar surface area (TPSA) is 59.4 Å². The van der Waals surface area contributed by atoms with Crippen molar-refractivity contribution in [2.45, 2.75) is 30.7 Å². The van der Waals surface area contributed by atoms with Crippen molar-refractivity contribution in [1.82, 2.24) is 14.5 Å². The number of morpholine rings is 1. The molecule has 0 bridgehead atoms. The average Bonchev–Trinajstić information content (AvgIpc) is 3.27. The minimum atomic E-state index is -0.377. The molecule has 1 aliphatic heterocycles. The highest BCUT2D eigenvalue weighted by atomic mass is 35.5. The van der Waals surface area contributed by atoms with Gasteiger partial charge in [0, 0.05) is 25.3 Å². The number of rotatable bonds is 8. The van der Waals surface area contributed by atoms with E-state index in [9.17, 15) is 4.79 Å². The van der Waals surface area contributed by atoms with E-state index < -0.39 is 0 Å². The van der Waals surface area contributed by atoms with Crippen LogP contribution in [0.1, 0.15) is 18.1 Å². The summed E-state index contributed by atoms with van der Waals surface area (Å²) < 4.78 is 7.63. The summed E-state index contributed by atoms with van der Waals surface area (Å²) in [7, 11) is 0. The Bertz CT molecular complexity index is 1400. The van der Waals surface area contributed by atoms with Gasteiger partial charge in [-0.1, -0.05) is 53.7 Å². The Balaban J connectivity index is 1.38. The lowest BCUT2D eigenvalue weighted by molar-refractivity contribution is -0.115. The van der Waals surface area contributed by atoms with Crippen molar-refractivity contribution in [3.63, 3.8) is 0 Å². The Hall–Kier alpha value is -2.84. The molecule has 3 aromatic carbocycles. The van der Waals surface area contributed by atoms with Gasteiger partial charge in [-0.15, -0.1) is 0 Å².